The minimum Gasteiger partial charge on any atom is -0.451 e. The molecule has 0 saturated carbocycles. The quantitative estimate of drug-likeness (QED) is 0.761. The van der Waals surface area contributed by atoms with E-state index >= 15 is 0 Å². The lowest BCUT2D eigenvalue weighted by Crippen LogP contribution is -2.48. The van der Waals surface area contributed by atoms with E-state index in [4.69, 9.17) is 4.74 Å². The largest absolute Gasteiger partial charge is 0.451 e. The number of ether oxygens (including phenoxy) is 1. The molecule has 3 atom stereocenters. The standard InChI is InChI=1S/C18H22N2O4S/c1-12(16(22)19(2)3)24-17(23)14-11-25-18(10-9-15(21)20(14)18)13-7-5-4-6-8-13/h4-8,12,14H,9-11H2,1-3H3/t12-,14+,18-/m1/s1. The molecule has 2 aliphatic rings. The zero-order valence-electron chi connectivity index (χ0n) is 14.6. The molecule has 1 aromatic rings. The van der Waals surface area contributed by atoms with Gasteiger partial charge in [0.15, 0.2) is 6.10 Å². The Bertz CT molecular complexity index is 694. The number of likely N-dealkylation sites (N-methyl/N-ethyl adjacent to an activating group) is 1. The summed E-state index contributed by atoms with van der Waals surface area (Å²) in [4.78, 5) is 39.6. The van der Waals surface area contributed by atoms with Crippen molar-refractivity contribution in [3.8, 4) is 0 Å². The summed E-state index contributed by atoms with van der Waals surface area (Å²) in [6.45, 7) is 1.55. The number of carbonyl (C=O) groups is 3. The van der Waals surface area contributed by atoms with Crippen LogP contribution in [0.1, 0.15) is 25.3 Å². The molecular formula is C18H22N2O4S. The highest BCUT2D eigenvalue weighted by Crippen LogP contribution is 2.54. The Kier molecular flexibility index (Phi) is 4.77. The van der Waals surface area contributed by atoms with Crippen molar-refractivity contribution >= 4 is 29.5 Å². The monoisotopic (exact) mass is 362 g/mol. The molecule has 6 nitrogen and oxygen atoms in total. The number of benzene rings is 1. The molecular weight excluding hydrogens is 340 g/mol. The molecule has 7 heteroatoms. The maximum Gasteiger partial charge on any atom is 0.330 e. The van der Waals surface area contributed by atoms with E-state index in [0.29, 0.717) is 18.6 Å². The van der Waals surface area contributed by atoms with Crippen molar-refractivity contribution in [2.75, 3.05) is 19.8 Å². The van der Waals surface area contributed by atoms with Crippen molar-refractivity contribution in [2.24, 2.45) is 0 Å². The predicted molar refractivity (Wildman–Crippen MR) is 94.7 cm³/mol. The van der Waals surface area contributed by atoms with Crippen LogP contribution in [-0.4, -0.2) is 59.6 Å². The van der Waals surface area contributed by atoms with E-state index < -0.39 is 23.0 Å². The molecule has 1 aromatic carbocycles. The van der Waals surface area contributed by atoms with Crippen LogP contribution in [0.3, 0.4) is 0 Å². The first-order valence-electron chi connectivity index (χ1n) is 8.30. The second kappa shape index (κ2) is 6.71. The Morgan fingerprint density at radius 3 is 2.64 bits per heavy atom. The van der Waals surface area contributed by atoms with Crippen molar-refractivity contribution in [1.29, 1.82) is 0 Å². The Labute approximate surface area is 151 Å². The topological polar surface area (TPSA) is 66.9 Å². The molecule has 2 saturated heterocycles. The van der Waals surface area contributed by atoms with Crippen molar-refractivity contribution in [3.05, 3.63) is 35.9 Å². The summed E-state index contributed by atoms with van der Waals surface area (Å²) in [6.07, 6.45) is 0.228. The Morgan fingerprint density at radius 2 is 2.00 bits per heavy atom. The molecule has 0 N–H and O–H groups in total. The van der Waals surface area contributed by atoms with Gasteiger partial charge in [0.25, 0.3) is 5.91 Å². The minimum atomic E-state index is -0.864. The SMILES string of the molecule is C[C@@H](OC(=O)[C@@H]1CS[C@@]2(c3ccccc3)CCC(=O)N12)C(=O)N(C)C. The van der Waals surface area contributed by atoms with Gasteiger partial charge in [-0.25, -0.2) is 4.79 Å². The lowest BCUT2D eigenvalue weighted by molar-refractivity contribution is -0.164. The van der Waals surface area contributed by atoms with Gasteiger partial charge in [0, 0.05) is 26.3 Å². The minimum absolute atomic E-state index is 0.0395. The number of fused-ring (bicyclic) bond motifs is 1. The van der Waals surface area contributed by atoms with Crippen LogP contribution in [0.25, 0.3) is 0 Å². The first kappa shape index (κ1) is 17.8. The molecule has 2 heterocycles. The number of hydrogen-bond acceptors (Lipinski definition) is 5. The summed E-state index contributed by atoms with van der Waals surface area (Å²) >= 11 is 1.60. The van der Waals surface area contributed by atoms with Gasteiger partial charge in [-0.15, -0.1) is 11.8 Å². The molecule has 0 unspecified atom stereocenters. The van der Waals surface area contributed by atoms with Crippen LogP contribution in [0, 0.1) is 0 Å². The van der Waals surface area contributed by atoms with E-state index in [9.17, 15) is 14.4 Å². The normalized spacial score (nSPS) is 26.3. The first-order valence-corrected chi connectivity index (χ1v) is 9.28. The molecule has 3 rings (SSSR count). The highest BCUT2D eigenvalue weighted by Gasteiger charge is 2.57. The molecule has 2 fully saturated rings. The summed E-state index contributed by atoms with van der Waals surface area (Å²) in [7, 11) is 3.23. The van der Waals surface area contributed by atoms with Crippen molar-refractivity contribution in [2.45, 2.75) is 36.8 Å². The number of thioether (sulfide) groups is 1. The van der Waals surface area contributed by atoms with Crippen LogP contribution in [0.5, 0.6) is 0 Å². The van der Waals surface area contributed by atoms with Gasteiger partial charge in [0.05, 0.1) is 0 Å². The van der Waals surface area contributed by atoms with Gasteiger partial charge in [-0.3, -0.25) is 9.59 Å². The van der Waals surface area contributed by atoms with Gasteiger partial charge in [-0.05, 0) is 18.9 Å². The molecule has 0 aromatic heterocycles. The molecule has 0 bridgehead atoms. The second-order valence-electron chi connectivity index (χ2n) is 6.55. The second-order valence-corrected chi connectivity index (χ2v) is 7.85. The lowest BCUT2D eigenvalue weighted by atomic mass is 10.0. The molecule has 2 aliphatic heterocycles. The van der Waals surface area contributed by atoms with E-state index in [0.717, 1.165) is 5.56 Å². The van der Waals surface area contributed by atoms with Gasteiger partial charge in [-0.2, -0.15) is 0 Å². The highest BCUT2D eigenvalue weighted by molar-refractivity contribution is 8.00. The Hall–Kier alpha value is -2.02. The number of rotatable bonds is 4. The summed E-state index contributed by atoms with van der Waals surface area (Å²) in [5.41, 5.74) is 1.03. The number of nitrogens with zero attached hydrogens (tertiary/aromatic N) is 2. The van der Waals surface area contributed by atoms with Gasteiger partial charge >= 0.3 is 5.97 Å². The summed E-state index contributed by atoms with van der Waals surface area (Å²) in [6, 6.07) is 9.14. The summed E-state index contributed by atoms with van der Waals surface area (Å²) in [5, 5.41) is 0. The van der Waals surface area contributed by atoms with E-state index in [1.807, 2.05) is 30.3 Å². The molecule has 0 radical (unpaired) electrons. The fourth-order valence-electron chi connectivity index (χ4n) is 3.48. The lowest BCUT2D eigenvalue weighted by Gasteiger charge is -2.34. The third-order valence-corrected chi connectivity index (χ3v) is 6.30. The number of esters is 1. The number of hydrogen-bond donors (Lipinski definition) is 0. The van der Waals surface area contributed by atoms with Crippen LogP contribution in [-0.2, 0) is 24.0 Å². The Balaban J connectivity index is 1.82. The van der Waals surface area contributed by atoms with Gasteiger partial charge in [0.1, 0.15) is 10.9 Å². The van der Waals surface area contributed by atoms with Crippen LogP contribution < -0.4 is 0 Å². The first-order chi connectivity index (χ1) is 11.9. The molecule has 0 spiro atoms. The number of carbonyl (C=O) groups excluding carboxylic acids is 3. The van der Waals surface area contributed by atoms with Crippen LogP contribution in [0.2, 0.25) is 0 Å². The molecule has 134 valence electrons. The van der Waals surface area contributed by atoms with Crippen molar-refractivity contribution in [1.82, 2.24) is 9.80 Å². The average Bonchev–Trinajstić information content (AvgIpc) is 3.14. The van der Waals surface area contributed by atoms with E-state index in [1.54, 1.807) is 37.7 Å². The van der Waals surface area contributed by atoms with E-state index in [-0.39, 0.29) is 11.8 Å². The van der Waals surface area contributed by atoms with Crippen molar-refractivity contribution in [3.63, 3.8) is 0 Å². The van der Waals surface area contributed by atoms with E-state index in [1.165, 1.54) is 4.90 Å². The third-order valence-electron chi connectivity index (χ3n) is 4.71. The van der Waals surface area contributed by atoms with Gasteiger partial charge in [0.2, 0.25) is 5.91 Å². The van der Waals surface area contributed by atoms with Crippen molar-refractivity contribution < 1.29 is 19.1 Å². The van der Waals surface area contributed by atoms with Crippen LogP contribution >= 0.6 is 11.8 Å². The predicted octanol–water partition coefficient (Wildman–Crippen LogP) is 1.60. The zero-order valence-corrected chi connectivity index (χ0v) is 15.4. The maximum absolute atomic E-state index is 12.6. The molecule has 2 amide bonds. The van der Waals surface area contributed by atoms with Crippen LogP contribution in [0.15, 0.2) is 30.3 Å². The fourth-order valence-corrected chi connectivity index (χ4v) is 5.12. The fraction of sp³-hybridized carbons (Fsp3) is 0.500. The van der Waals surface area contributed by atoms with Gasteiger partial charge in [-0.1, -0.05) is 30.3 Å². The Morgan fingerprint density at radius 1 is 1.32 bits per heavy atom. The maximum atomic E-state index is 12.6. The molecule has 0 aliphatic carbocycles. The third kappa shape index (κ3) is 3.01. The van der Waals surface area contributed by atoms with Gasteiger partial charge < -0.3 is 14.5 Å². The summed E-state index contributed by atoms with van der Waals surface area (Å²) < 4.78 is 5.36. The zero-order chi connectivity index (χ0) is 18.2. The molecule has 25 heavy (non-hydrogen) atoms. The summed E-state index contributed by atoms with van der Waals surface area (Å²) in [5.74, 6) is -0.353. The van der Waals surface area contributed by atoms with Crippen LogP contribution in [0.4, 0.5) is 0 Å². The number of amides is 2. The van der Waals surface area contributed by atoms with E-state index in [2.05, 4.69) is 0 Å². The highest BCUT2D eigenvalue weighted by atomic mass is 32.2. The average molecular weight is 362 g/mol. The smallest absolute Gasteiger partial charge is 0.330 e.